The van der Waals surface area contributed by atoms with Crippen molar-refractivity contribution in [2.45, 2.75) is 33.6 Å². The Morgan fingerprint density at radius 1 is 1.29 bits per heavy atom. The average Bonchev–Trinajstić information content (AvgIpc) is 2.56. The predicted molar refractivity (Wildman–Crippen MR) is 96.1 cm³/mol. The summed E-state index contributed by atoms with van der Waals surface area (Å²) in [5.41, 5.74) is 2.85. The first-order valence-electron chi connectivity index (χ1n) is 7.99. The van der Waals surface area contributed by atoms with Crippen molar-refractivity contribution >= 4 is 23.0 Å². The molecular weight excluding hydrogens is 306 g/mol. The van der Waals surface area contributed by atoms with E-state index in [-0.39, 0.29) is 11.5 Å². The van der Waals surface area contributed by atoms with Gasteiger partial charge in [0.05, 0.1) is 4.92 Å². The molecule has 0 amide bonds. The fourth-order valence-electron chi connectivity index (χ4n) is 2.42. The number of aryl methyl sites for hydroxylation is 1. The van der Waals surface area contributed by atoms with Crippen LogP contribution in [0.25, 0.3) is 0 Å². The Morgan fingerprint density at radius 2 is 2.04 bits per heavy atom. The molecule has 128 valence electrons. The number of benzene rings is 1. The van der Waals surface area contributed by atoms with Crippen LogP contribution in [0.4, 0.5) is 23.0 Å². The monoisotopic (exact) mass is 329 g/mol. The molecule has 0 aliphatic heterocycles. The Bertz CT molecular complexity index is 733. The van der Waals surface area contributed by atoms with Gasteiger partial charge in [-0.05, 0) is 37.5 Å². The van der Waals surface area contributed by atoms with Crippen molar-refractivity contribution in [3.05, 3.63) is 45.8 Å². The van der Waals surface area contributed by atoms with Gasteiger partial charge in [0, 0.05) is 19.3 Å². The number of hydrogen-bond donors (Lipinski definition) is 1. The van der Waals surface area contributed by atoms with Crippen LogP contribution in [0.15, 0.2) is 24.5 Å². The van der Waals surface area contributed by atoms with Crippen LogP contribution in [0.2, 0.25) is 0 Å². The first-order chi connectivity index (χ1) is 11.5. The Labute approximate surface area is 141 Å². The van der Waals surface area contributed by atoms with Gasteiger partial charge in [0.2, 0.25) is 11.6 Å². The highest BCUT2D eigenvalue weighted by Crippen LogP contribution is 2.34. The maximum absolute atomic E-state index is 11.6. The summed E-state index contributed by atoms with van der Waals surface area (Å²) < 4.78 is 0. The Morgan fingerprint density at radius 3 is 2.71 bits per heavy atom. The fraction of sp³-hybridized carbons (Fsp3) is 0.412. The second-order valence-electron chi connectivity index (χ2n) is 5.80. The van der Waals surface area contributed by atoms with Crippen LogP contribution in [0.3, 0.4) is 0 Å². The first kappa shape index (κ1) is 17.7. The summed E-state index contributed by atoms with van der Waals surface area (Å²) in [7, 11) is 1.81. The van der Waals surface area contributed by atoms with Crippen molar-refractivity contribution in [3.63, 3.8) is 0 Å². The summed E-state index contributed by atoms with van der Waals surface area (Å²) in [6.07, 6.45) is 3.31. The van der Waals surface area contributed by atoms with Crippen molar-refractivity contribution in [2.24, 2.45) is 0 Å². The van der Waals surface area contributed by atoms with E-state index < -0.39 is 4.92 Å². The third kappa shape index (κ3) is 3.79. The summed E-state index contributed by atoms with van der Waals surface area (Å²) in [6, 6.07) is 5.79. The van der Waals surface area contributed by atoms with E-state index in [0.717, 1.165) is 29.7 Å². The number of aromatic nitrogens is 2. The van der Waals surface area contributed by atoms with E-state index in [4.69, 9.17) is 0 Å². The van der Waals surface area contributed by atoms with Gasteiger partial charge in [0.25, 0.3) is 0 Å². The van der Waals surface area contributed by atoms with Crippen molar-refractivity contribution in [3.8, 4) is 0 Å². The Hall–Kier alpha value is -2.70. The molecule has 0 saturated carbocycles. The highest BCUT2D eigenvalue weighted by atomic mass is 16.6. The smallest absolute Gasteiger partial charge is 0.353 e. The van der Waals surface area contributed by atoms with Gasteiger partial charge in [0.1, 0.15) is 6.33 Å². The van der Waals surface area contributed by atoms with Crippen molar-refractivity contribution in [1.29, 1.82) is 0 Å². The SMILES string of the molecule is CCCCN(C)c1ncnc(Nc2cccc(C)c2C)c1[N+](=O)[O-]. The van der Waals surface area contributed by atoms with Gasteiger partial charge >= 0.3 is 5.69 Å². The number of nitrogens with one attached hydrogen (secondary N) is 1. The van der Waals surface area contributed by atoms with Gasteiger partial charge in [-0.2, -0.15) is 0 Å². The van der Waals surface area contributed by atoms with Gasteiger partial charge in [-0.15, -0.1) is 0 Å². The third-order valence-corrected chi connectivity index (χ3v) is 4.05. The minimum atomic E-state index is -0.425. The van der Waals surface area contributed by atoms with Crippen LogP contribution < -0.4 is 10.2 Å². The van der Waals surface area contributed by atoms with Gasteiger partial charge in [-0.1, -0.05) is 25.5 Å². The lowest BCUT2D eigenvalue weighted by atomic mass is 10.1. The minimum absolute atomic E-state index is 0.1000. The number of nitro groups is 1. The molecule has 0 fully saturated rings. The second kappa shape index (κ2) is 7.72. The summed E-state index contributed by atoms with van der Waals surface area (Å²) in [4.78, 5) is 21.2. The Kier molecular flexibility index (Phi) is 5.68. The molecular formula is C17H23N5O2. The third-order valence-electron chi connectivity index (χ3n) is 4.05. The van der Waals surface area contributed by atoms with E-state index in [1.54, 1.807) is 4.90 Å². The fourth-order valence-corrected chi connectivity index (χ4v) is 2.42. The van der Waals surface area contributed by atoms with E-state index in [2.05, 4.69) is 22.2 Å². The molecule has 1 N–H and O–H groups in total. The van der Waals surface area contributed by atoms with Crippen molar-refractivity contribution in [1.82, 2.24) is 9.97 Å². The van der Waals surface area contributed by atoms with E-state index in [0.29, 0.717) is 12.4 Å². The number of unbranched alkanes of at least 4 members (excludes halogenated alkanes) is 1. The number of nitrogens with zero attached hydrogens (tertiary/aromatic N) is 4. The molecule has 1 aromatic heterocycles. The zero-order chi connectivity index (χ0) is 17.7. The average molecular weight is 329 g/mol. The van der Waals surface area contributed by atoms with E-state index in [1.807, 2.05) is 39.1 Å². The molecule has 0 radical (unpaired) electrons. The summed E-state index contributed by atoms with van der Waals surface area (Å²) >= 11 is 0. The molecule has 0 atom stereocenters. The van der Waals surface area contributed by atoms with E-state index >= 15 is 0 Å². The molecule has 0 aliphatic rings. The van der Waals surface area contributed by atoms with Crippen LogP contribution in [0.1, 0.15) is 30.9 Å². The van der Waals surface area contributed by atoms with Crippen LogP contribution >= 0.6 is 0 Å². The minimum Gasteiger partial charge on any atom is -0.354 e. The van der Waals surface area contributed by atoms with Crippen LogP contribution in [0, 0.1) is 24.0 Å². The molecule has 0 spiro atoms. The van der Waals surface area contributed by atoms with Crippen molar-refractivity contribution < 1.29 is 4.92 Å². The molecule has 2 aromatic rings. The van der Waals surface area contributed by atoms with Gasteiger partial charge < -0.3 is 10.2 Å². The lowest BCUT2D eigenvalue weighted by Gasteiger charge is -2.18. The maximum atomic E-state index is 11.6. The first-order valence-corrected chi connectivity index (χ1v) is 7.99. The molecule has 0 unspecified atom stereocenters. The number of rotatable bonds is 7. The van der Waals surface area contributed by atoms with Gasteiger partial charge in [0.15, 0.2) is 0 Å². The highest BCUT2D eigenvalue weighted by Gasteiger charge is 2.25. The van der Waals surface area contributed by atoms with Crippen molar-refractivity contribution in [2.75, 3.05) is 23.8 Å². The molecule has 0 saturated heterocycles. The van der Waals surface area contributed by atoms with Crippen LogP contribution in [0.5, 0.6) is 0 Å². The number of hydrogen-bond acceptors (Lipinski definition) is 6. The van der Waals surface area contributed by atoms with Gasteiger partial charge in [-0.25, -0.2) is 9.97 Å². The lowest BCUT2D eigenvalue weighted by molar-refractivity contribution is -0.383. The van der Waals surface area contributed by atoms with E-state index in [1.165, 1.54) is 6.33 Å². The highest BCUT2D eigenvalue weighted by molar-refractivity contribution is 5.75. The summed E-state index contributed by atoms with van der Waals surface area (Å²) in [5, 5.41) is 14.7. The van der Waals surface area contributed by atoms with Gasteiger partial charge in [-0.3, -0.25) is 10.1 Å². The number of anilines is 3. The molecule has 1 aromatic carbocycles. The normalized spacial score (nSPS) is 10.5. The molecule has 1 heterocycles. The quantitative estimate of drug-likeness (QED) is 0.611. The molecule has 2 rings (SSSR count). The zero-order valence-corrected chi connectivity index (χ0v) is 14.5. The van der Waals surface area contributed by atoms with Crippen LogP contribution in [-0.4, -0.2) is 28.5 Å². The summed E-state index contributed by atoms with van der Waals surface area (Å²) in [5.74, 6) is 0.540. The molecule has 0 bridgehead atoms. The topological polar surface area (TPSA) is 84.2 Å². The standard InChI is InChI=1S/C17H23N5O2/c1-5-6-10-21(4)17-15(22(23)24)16(18-11-19-17)20-14-9-7-8-12(2)13(14)3/h7-9,11H,5-6,10H2,1-4H3,(H,18,19,20). The molecule has 24 heavy (non-hydrogen) atoms. The zero-order valence-electron chi connectivity index (χ0n) is 14.5. The molecule has 7 nitrogen and oxygen atoms in total. The predicted octanol–water partition coefficient (Wildman–Crippen LogP) is 3.98. The van der Waals surface area contributed by atoms with Crippen LogP contribution in [-0.2, 0) is 0 Å². The maximum Gasteiger partial charge on any atom is 0.353 e. The molecule has 7 heteroatoms. The lowest BCUT2D eigenvalue weighted by Crippen LogP contribution is -2.21. The largest absolute Gasteiger partial charge is 0.354 e. The molecule has 0 aliphatic carbocycles. The summed E-state index contributed by atoms with van der Waals surface area (Å²) in [6.45, 7) is 6.75. The Balaban J connectivity index is 2.43. The van der Waals surface area contributed by atoms with E-state index in [9.17, 15) is 10.1 Å². The second-order valence-corrected chi connectivity index (χ2v) is 5.80.